The van der Waals surface area contributed by atoms with Crippen LogP contribution in [0.5, 0.6) is 5.75 Å². The Hall–Kier alpha value is -3.54. The molecule has 0 aliphatic heterocycles. The molecule has 7 heteroatoms. The van der Waals surface area contributed by atoms with Crippen molar-refractivity contribution >= 4 is 35.3 Å². The summed E-state index contributed by atoms with van der Waals surface area (Å²) in [6.07, 6.45) is 1.65. The maximum Gasteiger partial charge on any atom is 0.271 e. The SMILES string of the molecule is Cc1cc(/C=N\NC(=O)c2ccc(Cl)cc2)c(C)n1-c1ccc(OCc2ccc(Cl)cc2)cc1. The molecule has 0 aliphatic rings. The lowest BCUT2D eigenvalue weighted by molar-refractivity contribution is 0.0955. The average Bonchev–Trinajstić information content (AvgIpc) is 3.12. The van der Waals surface area contributed by atoms with Gasteiger partial charge in [-0.2, -0.15) is 5.10 Å². The molecule has 4 aromatic rings. The number of hydrazone groups is 1. The predicted molar refractivity (Wildman–Crippen MR) is 138 cm³/mol. The number of carbonyl (C=O) groups is 1. The molecule has 1 N–H and O–H groups in total. The van der Waals surface area contributed by atoms with Crippen LogP contribution in [-0.4, -0.2) is 16.7 Å². The van der Waals surface area contributed by atoms with Crippen LogP contribution in [0.2, 0.25) is 10.0 Å². The second-order valence-electron chi connectivity index (χ2n) is 7.78. The molecule has 0 fully saturated rings. The van der Waals surface area contributed by atoms with Crippen LogP contribution in [0, 0.1) is 13.8 Å². The monoisotopic (exact) mass is 491 g/mol. The highest BCUT2D eigenvalue weighted by molar-refractivity contribution is 6.30. The number of aromatic nitrogens is 1. The van der Waals surface area contributed by atoms with Crippen LogP contribution >= 0.6 is 23.2 Å². The van der Waals surface area contributed by atoms with Gasteiger partial charge in [0.25, 0.3) is 5.91 Å². The summed E-state index contributed by atoms with van der Waals surface area (Å²) in [7, 11) is 0. The third-order valence-electron chi connectivity index (χ3n) is 5.36. The molecule has 0 radical (unpaired) electrons. The summed E-state index contributed by atoms with van der Waals surface area (Å²) >= 11 is 11.8. The van der Waals surface area contributed by atoms with Crippen LogP contribution < -0.4 is 10.2 Å². The second-order valence-corrected chi connectivity index (χ2v) is 8.65. The smallest absolute Gasteiger partial charge is 0.271 e. The zero-order chi connectivity index (χ0) is 24.1. The van der Waals surface area contributed by atoms with E-state index in [4.69, 9.17) is 27.9 Å². The molecule has 3 aromatic carbocycles. The fraction of sp³-hybridized carbons (Fsp3) is 0.111. The summed E-state index contributed by atoms with van der Waals surface area (Å²) in [6, 6.07) is 24.2. The first-order valence-corrected chi connectivity index (χ1v) is 11.4. The number of nitrogens with one attached hydrogen (secondary N) is 1. The Labute approximate surface area is 208 Å². The summed E-state index contributed by atoms with van der Waals surface area (Å²) in [4.78, 5) is 12.2. The van der Waals surface area contributed by atoms with E-state index in [-0.39, 0.29) is 5.91 Å². The van der Waals surface area contributed by atoms with Gasteiger partial charge < -0.3 is 9.30 Å². The minimum atomic E-state index is -0.295. The summed E-state index contributed by atoms with van der Waals surface area (Å²) < 4.78 is 8.02. The predicted octanol–water partition coefficient (Wildman–Crippen LogP) is 6.74. The number of carbonyl (C=O) groups excluding carboxylic acids is 1. The van der Waals surface area contributed by atoms with Gasteiger partial charge in [-0.1, -0.05) is 35.3 Å². The lowest BCUT2D eigenvalue weighted by Crippen LogP contribution is -2.17. The fourth-order valence-corrected chi connectivity index (χ4v) is 3.83. The molecule has 1 amide bonds. The lowest BCUT2D eigenvalue weighted by Gasteiger charge is -2.11. The van der Waals surface area contributed by atoms with Crippen LogP contribution in [0.3, 0.4) is 0 Å². The molecule has 34 heavy (non-hydrogen) atoms. The summed E-state index contributed by atoms with van der Waals surface area (Å²) in [5.41, 5.74) is 8.09. The van der Waals surface area contributed by atoms with E-state index in [1.165, 1.54) is 0 Å². The fourth-order valence-electron chi connectivity index (χ4n) is 3.58. The van der Waals surface area contributed by atoms with E-state index in [1.54, 1.807) is 30.5 Å². The number of benzene rings is 3. The highest BCUT2D eigenvalue weighted by atomic mass is 35.5. The van der Waals surface area contributed by atoms with E-state index in [2.05, 4.69) is 15.1 Å². The Morgan fingerprint density at radius 3 is 2.21 bits per heavy atom. The van der Waals surface area contributed by atoms with Gasteiger partial charge in [0, 0.05) is 38.2 Å². The third kappa shape index (κ3) is 5.68. The number of rotatable bonds is 7. The van der Waals surface area contributed by atoms with Gasteiger partial charge in [0.15, 0.2) is 0 Å². The number of ether oxygens (including phenoxy) is 1. The molecule has 0 bridgehead atoms. The second kappa shape index (κ2) is 10.6. The van der Waals surface area contributed by atoms with Gasteiger partial charge in [0.1, 0.15) is 12.4 Å². The summed E-state index contributed by atoms with van der Waals surface area (Å²) in [6.45, 7) is 4.52. The quantitative estimate of drug-likeness (QED) is 0.229. The normalized spacial score (nSPS) is 11.1. The van der Waals surface area contributed by atoms with Crippen molar-refractivity contribution in [2.75, 3.05) is 0 Å². The third-order valence-corrected chi connectivity index (χ3v) is 5.86. The van der Waals surface area contributed by atoms with Crippen LogP contribution in [0.1, 0.15) is 32.9 Å². The molecule has 0 spiro atoms. The number of halogens is 2. The molecule has 5 nitrogen and oxygen atoms in total. The Kier molecular flexibility index (Phi) is 7.36. The number of hydrogen-bond acceptors (Lipinski definition) is 3. The first kappa shape index (κ1) is 23.6. The Balaban J connectivity index is 1.42. The number of hydrogen-bond donors (Lipinski definition) is 1. The van der Waals surface area contributed by atoms with E-state index in [0.717, 1.165) is 34.0 Å². The van der Waals surface area contributed by atoms with Crippen molar-refractivity contribution in [1.29, 1.82) is 0 Å². The minimum absolute atomic E-state index is 0.295. The zero-order valence-corrected chi connectivity index (χ0v) is 20.3. The maximum atomic E-state index is 12.2. The summed E-state index contributed by atoms with van der Waals surface area (Å²) in [5, 5.41) is 5.41. The van der Waals surface area contributed by atoms with Gasteiger partial charge in [0.2, 0.25) is 0 Å². The molecule has 0 saturated carbocycles. The van der Waals surface area contributed by atoms with Crippen LogP contribution in [-0.2, 0) is 6.61 Å². The molecule has 0 unspecified atom stereocenters. The van der Waals surface area contributed by atoms with Crippen molar-refractivity contribution in [3.8, 4) is 11.4 Å². The first-order chi connectivity index (χ1) is 16.4. The van der Waals surface area contributed by atoms with E-state index in [1.807, 2.05) is 68.4 Å². The van der Waals surface area contributed by atoms with Crippen molar-refractivity contribution in [2.45, 2.75) is 20.5 Å². The van der Waals surface area contributed by atoms with Crippen molar-refractivity contribution in [2.24, 2.45) is 5.10 Å². The van der Waals surface area contributed by atoms with Crippen molar-refractivity contribution in [1.82, 2.24) is 9.99 Å². The van der Waals surface area contributed by atoms with Gasteiger partial charge in [-0.15, -0.1) is 0 Å². The van der Waals surface area contributed by atoms with Crippen LogP contribution in [0.4, 0.5) is 0 Å². The highest BCUT2D eigenvalue weighted by Gasteiger charge is 2.10. The molecule has 1 heterocycles. The zero-order valence-electron chi connectivity index (χ0n) is 18.8. The average molecular weight is 492 g/mol. The Morgan fingerprint density at radius 2 is 1.56 bits per heavy atom. The van der Waals surface area contributed by atoms with Crippen molar-refractivity contribution < 1.29 is 9.53 Å². The van der Waals surface area contributed by atoms with E-state index in [9.17, 15) is 4.79 Å². The highest BCUT2D eigenvalue weighted by Crippen LogP contribution is 2.23. The molecule has 1 aromatic heterocycles. The van der Waals surface area contributed by atoms with Crippen molar-refractivity contribution in [3.63, 3.8) is 0 Å². The largest absolute Gasteiger partial charge is 0.489 e. The topological polar surface area (TPSA) is 55.6 Å². The van der Waals surface area contributed by atoms with Crippen LogP contribution in [0.25, 0.3) is 5.69 Å². The van der Waals surface area contributed by atoms with Gasteiger partial charge >= 0.3 is 0 Å². The Bertz CT molecular complexity index is 1310. The van der Waals surface area contributed by atoms with Gasteiger partial charge in [-0.25, -0.2) is 5.43 Å². The summed E-state index contributed by atoms with van der Waals surface area (Å²) in [5.74, 6) is 0.490. The maximum absolute atomic E-state index is 12.2. The first-order valence-electron chi connectivity index (χ1n) is 10.7. The van der Waals surface area contributed by atoms with Crippen LogP contribution in [0.15, 0.2) is 84.0 Å². The Morgan fingerprint density at radius 1 is 0.941 bits per heavy atom. The van der Waals surface area contributed by atoms with Gasteiger partial charge in [-0.05, 0) is 86.1 Å². The van der Waals surface area contributed by atoms with Gasteiger partial charge in [-0.3, -0.25) is 4.79 Å². The lowest BCUT2D eigenvalue weighted by atomic mass is 10.2. The molecule has 4 rings (SSSR count). The molecule has 172 valence electrons. The molecule has 0 saturated heterocycles. The number of amides is 1. The molecule has 0 aliphatic carbocycles. The minimum Gasteiger partial charge on any atom is -0.489 e. The standard InChI is InChI=1S/C27H23Cl2N3O2/c1-18-15-22(16-30-31-27(33)21-5-9-24(29)10-6-21)19(2)32(18)25-11-13-26(14-12-25)34-17-20-3-7-23(28)8-4-20/h3-16H,17H2,1-2H3,(H,31,33)/b30-16-. The van der Waals surface area contributed by atoms with Crippen molar-refractivity contribution in [3.05, 3.63) is 117 Å². The van der Waals surface area contributed by atoms with E-state index >= 15 is 0 Å². The molecule has 0 atom stereocenters. The van der Waals surface area contributed by atoms with Gasteiger partial charge in [0.05, 0.1) is 6.21 Å². The molecular formula is C27H23Cl2N3O2. The molecular weight excluding hydrogens is 469 g/mol. The van der Waals surface area contributed by atoms with E-state index < -0.39 is 0 Å². The van der Waals surface area contributed by atoms with E-state index in [0.29, 0.717) is 22.2 Å². The number of nitrogens with zero attached hydrogens (tertiary/aromatic N) is 2. The number of aryl methyl sites for hydroxylation is 1.